The fourth-order valence-corrected chi connectivity index (χ4v) is 1.69. The normalized spacial score (nSPS) is 10.2. The lowest BCUT2D eigenvalue weighted by atomic mass is 10.3. The molecule has 100 valence electrons. The van der Waals surface area contributed by atoms with E-state index in [1.54, 1.807) is 10.9 Å². The molecule has 2 N–H and O–H groups in total. The maximum atomic E-state index is 8.79. The molecular formula is C11H18ClN5O. The number of nitrogens with zero attached hydrogens (tertiary/aromatic N) is 4. The molecular weight excluding hydrogens is 254 g/mol. The van der Waals surface area contributed by atoms with Crippen molar-refractivity contribution in [1.29, 1.82) is 0 Å². The number of aromatic nitrogens is 4. The summed E-state index contributed by atoms with van der Waals surface area (Å²) in [5, 5.41) is 20.4. The van der Waals surface area contributed by atoms with Crippen LogP contribution < -0.4 is 5.32 Å². The summed E-state index contributed by atoms with van der Waals surface area (Å²) in [6.07, 6.45) is 5.48. The molecule has 0 aliphatic rings. The van der Waals surface area contributed by atoms with E-state index in [0.717, 1.165) is 11.4 Å². The van der Waals surface area contributed by atoms with Crippen molar-refractivity contribution in [3.63, 3.8) is 0 Å². The highest BCUT2D eigenvalue weighted by Crippen LogP contribution is 2.10. The van der Waals surface area contributed by atoms with Crippen LogP contribution in [0.2, 0.25) is 0 Å². The molecule has 2 aromatic heterocycles. The Kier molecular flexibility index (Phi) is 5.18. The second-order valence-electron chi connectivity index (χ2n) is 3.97. The third-order valence-electron chi connectivity index (χ3n) is 2.69. The van der Waals surface area contributed by atoms with Gasteiger partial charge in [-0.25, -0.2) is 0 Å². The Balaban J connectivity index is 0.00000162. The van der Waals surface area contributed by atoms with Gasteiger partial charge in [-0.1, -0.05) is 0 Å². The molecule has 0 amide bonds. The first-order valence-corrected chi connectivity index (χ1v) is 5.55. The Morgan fingerprint density at radius 1 is 1.33 bits per heavy atom. The van der Waals surface area contributed by atoms with Crippen molar-refractivity contribution < 1.29 is 5.11 Å². The molecule has 0 aliphatic heterocycles. The number of aliphatic hydroxyl groups excluding tert-OH is 1. The largest absolute Gasteiger partial charge is 0.394 e. The maximum Gasteiger partial charge on any atom is 0.0729 e. The van der Waals surface area contributed by atoms with Gasteiger partial charge in [0, 0.05) is 13.2 Å². The van der Waals surface area contributed by atoms with Gasteiger partial charge in [-0.2, -0.15) is 10.2 Å². The summed E-state index contributed by atoms with van der Waals surface area (Å²) in [4.78, 5) is 0. The molecule has 0 radical (unpaired) electrons. The second-order valence-corrected chi connectivity index (χ2v) is 3.97. The van der Waals surface area contributed by atoms with Crippen LogP contribution in [-0.2, 0) is 20.1 Å². The smallest absolute Gasteiger partial charge is 0.0729 e. The Morgan fingerprint density at radius 3 is 2.72 bits per heavy atom. The van der Waals surface area contributed by atoms with E-state index in [9.17, 15) is 0 Å². The minimum Gasteiger partial charge on any atom is -0.394 e. The van der Waals surface area contributed by atoms with Crippen LogP contribution in [0.25, 0.3) is 0 Å². The molecule has 2 aromatic rings. The average Bonchev–Trinajstić information content (AvgIpc) is 2.86. The highest BCUT2D eigenvalue weighted by atomic mass is 35.5. The molecule has 0 saturated carbocycles. The molecule has 0 spiro atoms. The van der Waals surface area contributed by atoms with E-state index in [2.05, 4.69) is 15.5 Å². The molecule has 0 aromatic carbocycles. The Bertz CT molecular complexity index is 474. The van der Waals surface area contributed by atoms with Crippen molar-refractivity contribution in [2.45, 2.75) is 20.0 Å². The lowest BCUT2D eigenvalue weighted by Gasteiger charge is -2.05. The molecule has 2 heterocycles. The van der Waals surface area contributed by atoms with Crippen molar-refractivity contribution in [2.24, 2.45) is 7.05 Å². The van der Waals surface area contributed by atoms with Crippen LogP contribution in [0.15, 0.2) is 18.6 Å². The first-order valence-electron chi connectivity index (χ1n) is 5.55. The van der Waals surface area contributed by atoms with Crippen molar-refractivity contribution in [1.82, 2.24) is 19.6 Å². The molecule has 2 rings (SSSR count). The molecule has 0 aliphatic carbocycles. The van der Waals surface area contributed by atoms with E-state index in [-0.39, 0.29) is 19.0 Å². The molecule has 0 bridgehead atoms. The topological polar surface area (TPSA) is 67.9 Å². The second kappa shape index (κ2) is 6.42. The molecule has 18 heavy (non-hydrogen) atoms. The quantitative estimate of drug-likeness (QED) is 0.850. The number of aliphatic hydroxyl groups is 1. The zero-order valence-corrected chi connectivity index (χ0v) is 11.3. The lowest BCUT2D eigenvalue weighted by Crippen LogP contribution is -2.06. The number of hydrogen-bond acceptors (Lipinski definition) is 4. The number of hydrogen-bond donors (Lipinski definition) is 2. The van der Waals surface area contributed by atoms with Gasteiger partial charge in [-0.15, -0.1) is 12.4 Å². The van der Waals surface area contributed by atoms with Crippen LogP contribution in [0.1, 0.15) is 11.3 Å². The van der Waals surface area contributed by atoms with Gasteiger partial charge >= 0.3 is 0 Å². The third kappa shape index (κ3) is 3.24. The van der Waals surface area contributed by atoms with Crippen molar-refractivity contribution in [3.05, 3.63) is 29.8 Å². The summed E-state index contributed by atoms with van der Waals surface area (Å²) < 4.78 is 3.57. The van der Waals surface area contributed by atoms with Gasteiger partial charge in [0.05, 0.1) is 43.5 Å². The van der Waals surface area contributed by atoms with E-state index in [1.165, 1.54) is 5.56 Å². The minimum absolute atomic E-state index is 0. The van der Waals surface area contributed by atoms with Crippen molar-refractivity contribution in [2.75, 3.05) is 11.9 Å². The van der Waals surface area contributed by atoms with Gasteiger partial charge in [0.1, 0.15) is 0 Å². The van der Waals surface area contributed by atoms with Gasteiger partial charge < -0.3 is 10.4 Å². The summed E-state index contributed by atoms with van der Waals surface area (Å²) in [5.74, 6) is 0. The van der Waals surface area contributed by atoms with Crippen molar-refractivity contribution >= 4 is 18.1 Å². The van der Waals surface area contributed by atoms with Gasteiger partial charge in [0.2, 0.25) is 0 Å². The number of nitrogens with one attached hydrogen (secondary N) is 1. The molecule has 0 unspecified atom stereocenters. The first-order chi connectivity index (χ1) is 8.20. The van der Waals surface area contributed by atoms with Gasteiger partial charge in [0.25, 0.3) is 0 Å². The number of aryl methyl sites for hydroxylation is 2. The summed E-state index contributed by atoms with van der Waals surface area (Å²) >= 11 is 0. The van der Waals surface area contributed by atoms with Crippen LogP contribution in [0.4, 0.5) is 5.69 Å². The summed E-state index contributed by atoms with van der Waals surface area (Å²) in [6.45, 7) is 3.38. The van der Waals surface area contributed by atoms with Gasteiger partial charge in [0.15, 0.2) is 0 Å². The summed E-state index contributed by atoms with van der Waals surface area (Å²) in [5.41, 5.74) is 3.27. The predicted molar refractivity (Wildman–Crippen MR) is 71.8 cm³/mol. The van der Waals surface area contributed by atoms with E-state index in [1.807, 2.05) is 31.0 Å². The molecule has 7 heteroatoms. The van der Waals surface area contributed by atoms with Crippen LogP contribution >= 0.6 is 12.4 Å². The predicted octanol–water partition coefficient (Wildman–Crippen LogP) is 0.951. The van der Waals surface area contributed by atoms with Crippen LogP contribution in [-0.4, -0.2) is 31.3 Å². The molecule has 0 saturated heterocycles. The third-order valence-corrected chi connectivity index (χ3v) is 2.69. The number of anilines is 1. The summed E-state index contributed by atoms with van der Waals surface area (Å²) in [6, 6.07) is 0. The van der Waals surface area contributed by atoms with Gasteiger partial charge in [-0.05, 0) is 12.5 Å². The molecule has 6 nitrogen and oxygen atoms in total. The first kappa shape index (κ1) is 14.5. The lowest BCUT2D eigenvalue weighted by molar-refractivity contribution is 0.269. The Morgan fingerprint density at radius 2 is 2.11 bits per heavy atom. The van der Waals surface area contributed by atoms with E-state index in [0.29, 0.717) is 13.1 Å². The number of halogens is 1. The van der Waals surface area contributed by atoms with Crippen molar-refractivity contribution in [3.8, 4) is 0 Å². The fourth-order valence-electron chi connectivity index (χ4n) is 1.69. The Hall–Kier alpha value is -1.53. The minimum atomic E-state index is 0. The zero-order valence-electron chi connectivity index (χ0n) is 10.5. The fraction of sp³-hybridized carbons (Fsp3) is 0.455. The molecule has 0 atom stereocenters. The van der Waals surface area contributed by atoms with Crippen LogP contribution in [0.5, 0.6) is 0 Å². The van der Waals surface area contributed by atoms with Crippen LogP contribution in [0, 0.1) is 6.92 Å². The van der Waals surface area contributed by atoms with Crippen LogP contribution in [0.3, 0.4) is 0 Å². The number of rotatable bonds is 5. The standard InChI is InChI=1S/C11H17N5O.ClH/c1-9-5-13-15(2)11(9)7-12-10-6-14-16(8-10)3-4-17;/h5-6,8,12,17H,3-4,7H2,1-2H3;1H. The SMILES string of the molecule is Cc1cnn(C)c1CNc1cnn(CCO)c1.Cl. The van der Waals surface area contributed by atoms with E-state index in [4.69, 9.17) is 5.11 Å². The Labute approximate surface area is 112 Å². The average molecular weight is 272 g/mol. The van der Waals surface area contributed by atoms with Gasteiger partial charge in [-0.3, -0.25) is 9.36 Å². The zero-order chi connectivity index (χ0) is 12.3. The van der Waals surface area contributed by atoms with E-state index >= 15 is 0 Å². The van der Waals surface area contributed by atoms with E-state index < -0.39 is 0 Å². The monoisotopic (exact) mass is 271 g/mol. The molecule has 0 fully saturated rings. The highest BCUT2D eigenvalue weighted by Gasteiger charge is 2.04. The summed E-state index contributed by atoms with van der Waals surface area (Å²) in [7, 11) is 1.93. The highest BCUT2D eigenvalue weighted by molar-refractivity contribution is 5.85. The maximum absolute atomic E-state index is 8.79.